The highest BCUT2D eigenvalue weighted by Gasteiger charge is 2.29. The number of aliphatic carboxylic acids is 1. The fraction of sp³-hybridized carbons (Fsp3) is 0.593. The molecule has 0 aromatic heterocycles. The van der Waals surface area contributed by atoms with Crippen LogP contribution in [0.15, 0.2) is 24.3 Å². The van der Waals surface area contributed by atoms with Gasteiger partial charge in [-0.1, -0.05) is 26.0 Å². The first kappa shape index (κ1) is 32.4. The Balaban J connectivity index is 2.58. The van der Waals surface area contributed by atoms with E-state index in [-0.39, 0.29) is 31.9 Å². The summed E-state index contributed by atoms with van der Waals surface area (Å²) in [5, 5.41) is 14.1. The van der Waals surface area contributed by atoms with Gasteiger partial charge in [0.05, 0.1) is 12.3 Å². The first-order chi connectivity index (χ1) is 17.6. The number of hydrogen-bond donors (Lipinski definition) is 3. The van der Waals surface area contributed by atoms with Gasteiger partial charge in [0.2, 0.25) is 11.8 Å². The summed E-state index contributed by atoms with van der Waals surface area (Å²) < 4.78 is 10.5. The molecule has 38 heavy (non-hydrogen) atoms. The summed E-state index contributed by atoms with van der Waals surface area (Å²) in [5.41, 5.74) is 0.531. The predicted octanol–water partition coefficient (Wildman–Crippen LogP) is 3.57. The van der Waals surface area contributed by atoms with Crippen LogP contribution in [0.4, 0.5) is 10.5 Å². The van der Waals surface area contributed by atoms with Crippen LogP contribution in [-0.4, -0.2) is 65.1 Å². The van der Waals surface area contributed by atoms with Gasteiger partial charge in [-0.15, -0.1) is 0 Å². The largest absolute Gasteiger partial charge is 0.481 e. The third-order valence-corrected chi connectivity index (χ3v) is 5.48. The summed E-state index contributed by atoms with van der Waals surface area (Å²) >= 11 is 0. The molecule has 0 spiro atoms. The molecule has 0 bridgehead atoms. The number of esters is 1. The maximum absolute atomic E-state index is 12.8. The highest BCUT2D eigenvalue weighted by molar-refractivity contribution is 5.97. The number of hydrogen-bond acceptors (Lipinski definition) is 7. The second kappa shape index (κ2) is 14.9. The van der Waals surface area contributed by atoms with Crippen LogP contribution in [0.3, 0.4) is 0 Å². The average molecular weight is 536 g/mol. The molecule has 11 nitrogen and oxygen atoms in total. The van der Waals surface area contributed by atoms with Crippen molar-refractivity contribution in [3.05, 3.63) is 29.8 Å². The Bertz CT molecular complexity index is 970. The van der Waals surface area contributed by atoms with E-state index in [1.165, 1.54) is 11.9 Å². The van der Waals surface area contributed by atoms with Gasteiger partial charge in [-0.2, -0.15) is 0 Å². The van der Waals surface area contributed by atoms with E-state index in [0.717, 1.165) is 0 Å². The van der Waals surface area contributed by atoms with Crippen molar-refractivity contribution in [1.82, 2.24) is 10.2 Å². The Morgan fingerprint density at radius 3 is 2.13 bits per heavy atom. The molecule has 0 saturated carbocycles. The summed E-state index contributed by atoms with van der Waals surface area (Å²) in [4.78, 5) is 61.5. The first-order valence-electron chi connectivity index (χ1n) is 12.6. The van der Waals surface area contributed by atoms with Crippen molar-refractivity contribution in [2.45, 2.75) is 79.1 Å². The number of amides is 3. The van der Waals surface area contributed by atoms with Crippen molar-refractivity contribution in [3.8, 4) is 0 Å². The number of carbonyl (C=O) groups excluding carboxylic acids is 4. The topological polar surface area (TPSA) is 151 Å². The number of anilines is 1. The molecule has 0 heterocycles. The average Bonchev–Trinajstić information content (AvgIpc) is 2.80. The Hall–Kier alpha value is -3.63. The zero-order chi connectivity index (χ0) is 29.0. The smallest absolute Gasteiger partial charge is 0.409 e. The zero-order valence-electron chi connectivity index (χ0n) is 23.3. The summed E-state index contributed by atoms with van der Waals surface area (Å²) in [6.07, 6.45) is -0.351. The van der Waals surface area contributed by atoms with Crippen molar-refractivity contribution in [1.29, 1.82) is 0 Å². The van der Waals surface area contributed by atoms with Crippen LogP contribution < -0.4 is 10.6 Å². The van der Waals surface area contributed by atoms with E-state index in [2.05, 4.69) is 10.6 Å². The van der Waals surface area contributed by atoms with Crippen LogP contribution >= 0.6 is 0 Å². The molecule has 3 amide bonds. The molecule has 0 aliphatic carbocycles. The van der Waals surface area contributed by atoms with Gasteiger partial charge in [0.25, 0.3) is 0 Å². The van der Waals surface area contributed by atoms with Gasteiger partial charge in [0.1, 0.15) is 18.2 Å². The Morgan fingerprint density at radius 2 is 1.61 bits per heavy atom. The lowest BCUT2D eigenvalue weighted by Crippen LogP contribution is -2.45. The summed E-state index contributed by atoms with van der Waals surface area (Å²) in [6, 6.07) is 5.81. The number of carboxylic acids is 1. The quantitative estimate of drug-likeness (QED) is 0.324. The molecule has 11 heteroatoms. The number of nitrogens with one attached hydrogen (secondary N) is 2. The monoisotopic (exact) mass is 535 g/mol. The van der Waals surface area contributed by atoms with E-state index in [4.69, 9.17) is 14.6 Å². The normalized spacial score (nSPS) is 12.7. The van der Waals surface area contributed by atoms with Gasteiger partial charge in [-0.25, -0.2) is 4.79 Å². The van der Waals surface area contributed by atoms with Gasteiger partial charge in [0, 0.05) is 25.7 Å². The van der Waals surface area contributed by atoms with E-state index in [0.29, 0.717) is 17.7 Å². The first-order valence-corrected chi connectivity index (χ1v) is 12.6. The van der Waals surface area contributed by atoms with Crippen molar-refractivity contribution in [3.63, 3.8) is 0 Å². The van der Waals surface area contributed by atoms with E-state index in [9.17, 15) is 24.0 Å². The molecule has 3 N–H and O–H groups in total. The Morgan fingerprint density at radius 1 is 1.00 bits per heavy atom. The fourth-order valence-corrected chi connectivity index (χ4v) is 3.33. The summed E-state index contributed by atoms with van der Waals surface area (Å²) in [5.74, 6) is -3.01. The molecule has 1 aromatic rings. The predicted molar refractivity (Wildman–Crippen MR) is 141 cm³/mol. The van der Waals surface area contributed by atoms with Gasteiger partial charge in [-0.3, -0.25) is 19.2 Å². The molecule has 0 saturated heterocycles. The van der Waals surface area contributed by atoms with E-state index in [1.807, 2.05) is 13.8 Å². The van der Waals surface area contributed by atoms with Gasteiger partial charge in [0.15, 0.2) is 0 Å². The highest BCUT2D eigenvalue weighted by atomic mass is 16.6. The van der Waals surface area contributed by atoms with Gasteiger partial charge >= 0.3 is 18.0 Å². The van der Waals surface area contributed by atoms with Crippen molar-refractivity contribution < 1.29 is 38.6 Å². The zero-order valence-corrected chi connectivity index (χ0v) is 23.3. The minimum Gasteiger partial charge on any atom is -0.481 e. The maximum Gasteiger partial charge on any atom is 0.409 e. The van der Waals surface area contributed by atoms with Crippen LogP contribution in [0.2, 0.25) is 0 Å². The number of carbonyl (C=O) groups is 5. The third kappa shape index (κ3) is 12.6. The molecule has 1 rings (SSSR count). The summed E-state index contributed by atoms with van der Waals surface area (Å²) in [6.45, 7) is 10.8. The lowest BCUT2D eigenvalue weighted by molar-refractivity contribution is -0.158. The van der Waals surface area contributed by atoms with Crippen LogP contribution in [0.25, 0.3) is 0 Å². The third-order valence-electron chi connectivity index (χ3n) is 5.48. The van der Waals surface area contributed by atoms with Gasteiger partial charge in [-0.05, 0) is 57.7 Å². The summed E-state index contributed by atoms with van der Waals surface area (Å²) in [7, 11) is 1.53. The molecule has 0 fully saturated rings. The molecule has 0 aliphatic rings. The molecular weight excluding hydrogens is 494 g/mol. The standard InChI is InChI=1S/C27H41N3O8/c1-17(2)21(15-23(33)38-27(4,5)6)25(35)28-18(3)24(34)29-20-12-10-19(11-13-20)16-37-26(36)30(7)14-8-9-22(31)32/h10-13,17-18,21H,8-9,14-16H2,1-7H3,(H,28,35)(H,29,34)(H,31,32)/t18-,21-/m0/s1. The molecular formula is C27H41N3O8. The minimum atomic E-state index is -0.923. The highest BCUT2D eigenvalue weighted by Crippen LogP contribution is 2.19. The number of ether oxygens (including phenoxy) is 2. The van der Waals surface area contributed by atoms with Crippen LogP contribution in [0.1, 0.15) is 66.4 Å². The lowest BCUT2D eigenvalue weighted by Gasteiger charge is -2.25. The minimum absolute atomic E-state index is 0.0109. The molecule has 0 radical (unpaired) electrons. The van der Waals surface area contributed by atoms with E-state index < -0.39 is 47.4 Å². The van der Waals surface area contributed by atoms with Crippen LogP contribution in [-0.2, 0) is 35.3 Å². The van der Waals surface area contributed by atoms with Crippen LogP contribution in [0, 0.1) is 11.8 Å². The lowest BCUT2D eigenvalue weighted by atomic mass is 9.91. The molecule has 1 aromatic carbocycles. The molecule has 0 unspecified atom stereocenters. The molecule has 212 valence electrons. The second-order valence-electron chi connectivity index (χ2n) is 10.5. The van der Waals surface area contributed by atoms with Crippen molar-refractivity contribution >= 4 is 35.5 Å². The van der Waals surface area contributed by atoms with Crippen molar-refractivity contribution in [2.75, 3.05) is 18.9 Å². The SMILES string of the molecule is CC(C)[C@H](CC(=O)OC(C)(C)C)C(=O)N[C@@H](C)C(=O)Nc1ccc(COC(=O)N(C)CCCC(=O)O)cc1. The fourth-order valence-electron chi connectivity index (χ4n) is 3.33. The molecule has 2 atom stereocenters. The number of nitrogens with zero attached hydrogens (tertiary/aromatic N) is 1. The number of benzene rings is 1. The number of rotatable bonds is 13. The van der Waals surface area contributed by atoms with Crippen LogP contribution in [0.5, 0.6) is 0 Å². The maximum atomic E-state index is 12.8. The van der Waals surface area contributed by atoms with E-state index in [1.54, 1.807) is 52.0 Å². The second-order valence-corrected chi connectivity index (χ2v) is 10.5. The number of carboxylic acid groups (broad SMARTS) is 1. The van der Waals surface area contributed by atoms with E-state index >= 15 is 0 Å². The van der Waals surface area contributed by atoms with Gasteiger partial charge < -0.3 is 30.1 Å². The molecule has 0 aliphatic heterocycles. The Kier molecular flexibility index (Phi) is 12.7. The Labute approximate surface area is 224 Å². The van der Waals surface area contributed by atoms with Crippen molar-refractivity contribution in [2.24, 2.45) is 11.8 Å².